The van der Waals surface area contributed by atoms with Gasteiger partial charge in [-0.2, -0.15) is 8.42 Å². The quantitative estimate of drug-likeness (QED) is 0.242. The van der Waals surface area contributed by atoms with Gasteiger partial charge >= 0.3 is 6.09 Å². The molecular weight excluding hydrogens is 435 g/mol. The second-order valence-corrected chi connectivity index (χ2v) is 7.73. The molecule has 0 aromatic heterocycles. The normalized spacial score (nSPS) is 10.9. The predicted octanol–water partition coefficient (Wildman–Crippen LogP) is 3.35. The first-order valence-electron chi connectivity index (χ1n) is 8.80. The molecule has 1 amide bonds. The average Bonchev–Trinajstić information content (AvgIpc) is 2.69. The van der Waals surface area contributed by atoms with Crippen LogP contribution in [0.25, 0.3) is 10.8 Å². The maximum atomic E-state index is 11.6. The molecule has 4 N–H and O–H groups in total. The molecule has 1 radical (unpaired) electrons. The van der Waals surface area contributed by atoms with Crippen molar-refractivity contribution in [2.24, 2.45) is 0 Å². The fourth-order valence-electron chi connectivity index (χ4n) is 2.72. The Labute approximate surface area is 201 Å². The van der Waals surface area contributed by atoms with Crippen LogP contribution < -0.4 is 10.6 Å². The number of carbonyl (C=O) groups excluding carboxylic acids is 1. The number of phenols is 1. The largest absolute Gasteiger partial charge is 0.507 e. The first-order valence-corrected chi connectivity index (χ1v) is 10.2. The SMILES string of the molecule is COCCOC(=O)Nc1ccc(Nc2ccc3c(O)cc(S(=O)(=O)O)cc3c2)cc1.[Na]. The molecule has 0 saturated heterocycles. The third-order valence-corrected chi connectivity index (χ3v) is 4.97. The summed E-state index contributed by atoms with van der Waals surface area (Å²) in [4.78, 5) is 11.2. The van der Waals surface area contributed by atoms with Crippen LogP contribution in [0.2, 0.25) is 0 Å². The number of carbonyl (C=O) groups is 1. The van der Waals surface area contributed by atoms with Crippen LogP contribution in [0.1, 0.15) is 0 Å². The Morgan fingerprint density at radius 1 is 0.968 bits per heavy atom. The van der Waals surface area contributed by atoms with Gasteiger partial charge < -0.3 is 19.9 Å². The van der Waals surface area contributed by atoms with Crippen molar-refractivity contribution in [1.82, 2.24) is 0 Å². The molecule has 3 aromatic rings. The van der Waals surface area contributed by atoms with Crippen molar-refractivity contribution >= 4 is 73.6 Å². The molecule has 9 nitrogen and oxygen atoms in total. The Morgan fingerprint density at radius 3 is 2.26 bits per heavy atom. The summed E-state index contributed by atoms with van der Waals surface area (Å²) in [6.45, 7) is 0.463. The molecule has 31 heavy (non-hydrogen) atoms. The van der Waals surface area contributed by atoms with Gasteiger partial charge in [-0.05, 0) is 53.9 Å². The number of methoxy groups -OCH3 is 1. The summed E-state index contributed by atoms with van der Waals surface area (Å²) in [6, 6.07) is 14.1. The fourth-order valence-corrected chi connectivity index (χ4v) is 3.26. The van der Waals surface area contributed by atoms with Gasteiger partial charge in [0.1, 0.15) is 12.4 Å². The van der Waals surface area contributed by atoms with E-state index in [4.69, 9.17) is 9.47 Å². The third kappa shape index (κ3) is 6.82. The number of ether oxygens (including phenoxy) is 2. The second-order valence-electron chi connectivity index (χ2n) is 6.31. The summed E-state index contributed by atoms with van der Waals surface area (Å²) in [6.07, 6.45) is -0.586. The number of amides is 1. The number of anilines is 3. The van der Waals surface area contributed by atoms with E-state index in [0.29, 0.717) is 34.4 Å². The monoisotopic (exact) mass is 455 g/mol. The van der Waals surface area contributed by atoms with Gasteiger partial charge in [-0.15, -0.1) is 0 Å². The zero-order valence-corrected chi connectivity index (χ0v) is 19.8. The Bertz CT molecular complexity index is 1170. The van der Waals surface area contributed by atoms with Crippen LogP contribution in [0, 0.1) is 0 Å². The summed E-state index contributed by atoms with van der Waals surface area (Å²) in [5, 5.41) is 16.6. The molecule has 0 aliphatic rings. The van der Waals surface area contributed by atoms with Crippen LogP contribution in [-0.4, -0.2) is 74.1 Å². The molecule has 0 heterocycles. The van der Waals surface area contributed by atoms with Crippen molar-refractivity contribution in [3.63, 3.8) is 0 Å². The molecule has 3 rings (SSSR count). The number of hydrogen-bond donors (Lipinski definition) is 4. The molecule has 0 fully saturated rings. The molecule has 0 spiro atoms. The van der Waals surface area contributed by atoms with Gasteiger partial charge in [-0.25, -0.2) is 4.79 Å². The molecule has 0 bridgehead atoms. The van der Waals surface area contributed by atoms with Crippen molar-refractivity contribution < 1.29 is 32.3 Å². The third-order valence-electron chi connectivity index (χ3n) is 4.14. The van der Waals surface area contributed by atoms with Crippen molar-refractivity contribution in [3.8, 4) is 5.75 Å². The minimum Gasteiger partial charge on any atom is -0.507 e. The van der Waals surface area contributed by atoms with Gasteiger partial charge in [0.2, 0.25) is 0 Å². The number of aromatic hydroxyl groups is 1. The van der Waals surface area contributed by atoms with Crippen molar-refractivity contribution in [1.29, 1.82) is 0 Å². The van der Waals surface area contributed by atoms with Crippen molar-refractivity contribution in [2.45, 2.75) is 4.90 Å². The first kappa shape index (κ1) is 24.9. The van der Waals surface area contributed by atoms with Crippen LogP contribution in [0.15, 0.2) is 59.5 Å². The van der Waals surface area contributed by atoms with Crippen LogP contribution >= 0.6 is 0 Å². The summed E-state index contributed by atoms with van der Waals surface area (Å²) in [7, 11) is -2.93. The molecule has 0 atom stereocenters. The van der Waals surface area contributed by atoms with Crippen LogP contribution in [-0.2, 0) is 19.6 Å². The molecule has 11 heteroatoms. The molecule has 3 aromatic carbocycles. The Balaban J connectivity index is 0.00000341. The van der Waals surface area contributed by atoms with E-state index in [1.165, 1.54) is 13.2 Å². The summed E-state index contributed by atoms with van der Waals surface area (Å²) in [5.41, 5.74) is 1.89. The topological polar surface area (TPSA) is 134 Å². The van der Waals surface area contributed by atoms with Gasteiger partial charge in [-0.3, -0.25) is 9.87 Å². The van der Waals surface area contributed by atoms with Gasteiger partial charge in [0.05, 0.1) is 11.5 Å². The number of nitrogens with one attached hydrogen (secondary N) is 2. The molecule has 0 saturated carbocycles. The maximum Gasteiger partial charge on any atom is 0.411 e. The Kier molecular flexibility index (Phi) is 8.69. The van der Waals surface area contributed by atoms with E-state index < -0.39 is 21.1 Å². The Morgan fingerprint density at radius 2 is 1.61 bits per heavy atom. The zero-order valence-electron chi connectivity index (χ0n) is 17.0. The number of rotatable bonds is 7. The van der Waals surface area contributed by atoms with Gasteiger partial charge in [0.15, 0.2) is 0 Å². The average molecular weight is 455 g/mol. The van der Waals surface area contributed by atoms with E-state index in [0.717, 1.165) is 6.07 Å². The van der Waals surface area contributed by atoms with E-state index in [1.807, 2.05) is 0 Å². The van der Waals surface area contributed by atoms with Gasteiger partial charge in [0, 0.05) is 65.2 Å². The standard InChI is InChI=1S/C20H20N2O7S.Na/c1-28-8-9-29-20(24)22-15-4-2-14(3-5-15)21-16-6-7-18-13(10-16)11-17(12-19(18)23)30(25,26)27;/h2-7,10-12,21,23H,8-9H2,1H3,(H,22,24)(H,25,26,27);. The number of phenolic OH excluding ortho intramolecular Hbond substituents is 1. The zero-order chi connectivity index (χ0) is 21.7. The maximum absolute atomic E-state index is 11.6. The second kappa shape index (κ2) is 10.8. The predicted molar refractivity (Wildman–Crippen MR) is 118 cm³/mol. The molecular formula is C20H20N2NaO7S. The molecule has 0 aliphatic carbocycles. The van der Waals surface area contributed by atoms with E-state index in [2.05, 4.69) is 10.6 Å². The number of benzene rings is 3. The van der Waals surface area contributed by atoms with Crippen molar-refractivity contribution in [2.75, 3.05) is 31.0 Å². The summed E-state index contributed by atoms with van der Waals surface area (Å²) < 4.78 is 41.7. The van der Waals surface area contributed by atoms with Crippen LogP contribution in [0.3, 0.4) is 0 Å². The summed E-state index contributed by atoms with van der Waals surface area (Å²) >= 11 is 0. The smallest absolute Gasteiger partial charge is 0.411 e. The minimum absolute atomic E-state index is 0. The molecule has 0 aliphatic heterocycles. The number of fused-ring (bicyclic) bond motifs is 1. The van der Waals surface area contributed by atoms with Crippen LogP contribution in [0.5, 0.6) is 5.75 Å². The fraction of sp³-hybridized carbons (Fsp3) is 0.150. The van der Waals surface area contributed by atoms with E-state index in [-0.39, 0.29) is 41.9 Å². The Hall–Kier alpha value is -2.34. The first-order chi connectivity index (χ1) is 14.3. The summed E-state index contributed by atoms with van der Waals surface area (Å²) in [5.74, 6) is -0.250. The van der Waals surface area contributed by atoms with E-state index in [1.54, 1.807) is 42.5 Å². The molecule has 159 valence electrons. The van der Waals surface area contributed by atoms with E-state index >= 15 is 0 Å². The van der Waals surface area contributed by atoms with E-state index in [9.17, 15) is 22.9 Å². The van der Waals surface area contributed by atoms with Gasteiger partial charge in [-0.1, -0.05) is 0 Å². The van der Waals surface area contributed by atoms with Crippen molar-refractivity contribution in [3.05, 3.63) is 54.6 Å². The molecule has 0 unspecified atom stereocenters. The van der Waals surface area contributed by atoms with Gasteiger partial charge in [0.25, 0.3) is 10.1 Å². The minimum atomic E-state index is -4.44. The number of hydrogen-bond acceptors (Lipinski definition) is 7. The van der Waals surface area contributed by atoms with Crippen LogP contribution in [0.4, 0.5) is 21.9 Å².